The van der Waals surface area contributed by atoms with Gasteiger partial charge < -0.3 is 4.84 Å². The molecule has 2 nitrogen and oxygen atoms in total. The maximum Gasteiger partial charge on any atom is 0.0745 e. The molecule has 0 aliphatic rings. The first kappa shape index (κ1) is 9.52. The maximum atomic E-state index is 5.96. The van der Waals surface area contributed by atoms with E-state index in [-0.39, 0.29) is 5.92 Å². The molecule has 0 aromatic heterocycles. The zero-order valence-electron chi connectivity index (χ0n) is 6.96. The number of halogens is 1. The first-order valence-electron chi connectivity index (χ1n) is 3.81. The van der Waals surface area contributed by atoms with Gasteiger partial charge in [-0.25, -0.2) is 5.90 Å². The van der Waals surface area contributed by atoms with Crippen LogP contribution in [0, 0.1) is 0 Å². The summed E-state index contributed by atoms with van der Waals surface area (Å²) >= 11 is 5.96. The van der Waals surface area contributed by atoms with Gasteiger partial charge in [0.1, 0.15) is 0 Å². The molecule has 1 unspecified atom stereocenters. The molecule has 0 amide bonds. The Morgan fingerprint density at radius 3 is 2.75 bits per heavy atom. The normalized spacial score (nSPS) is 12.9. The molecule has 0 aliphatic carbocycles. The lowest BCUT2D eigenvalue weighted by Gasteiger charge is -2.11. The molecule has 1 atom stereocenters. The summed E-state index contributed by atoms with van der Waals surface area (Å²) in [5.41, 5.74) is 1.07. The number of hydrogen-bond acceptors (Lipinski definition) is 2. The zero-order chi connectivity index (χ0) is 8.97. The third kappa shape index (κ3) is 2.21. The van der Waals surface area contributed by atoms with Crippen molar-refractivity contribution in [3.05, 3.63) is 34.9 Å². The highest BCUT2D eigenvalue weighted by Crippen LogP contribution is 2.23. The molecule has 0 saturated heterocycles. The molecular weight excluding hydrogens is 174 g/mol. The predicted octanol–water partition coefficient (Wildman–Crippen LogP) is 2.33. The molecule has 0 spiro atoms. The monoisotopic (exact) mass is 185 g/mol. The highest BCUT2D eigenvalue weighted by molar-refractivity contribution is 6.31. The molecular formula is C9H12ClNO. The molecule has 1 rings (SSSR count). The second-order valence-electron chi connectivity index (χ2n) is 2.76. The van der Waals surface area contributed by atoms with Crippen molar-refractivity contribution in [2.24, 2.45) is 5.90 Å². The van der Waals surface area contributed by atoms with Crippen LogP contribution >= 0.6 is 11.6 Å². The van der Waals surface area contributed by atoms with Crippen LogP contribution in [0.3, 0.4) is 0 Å². The van der Waals surface area contributed by atoms with Gasteiger partial charge in [-0.15, -0.1) is 0 Å². The van der Waals surface area contributed by atoms with Gasteiger partial charge in [-0.3, -0.25) is 0 Å². The minimum absolute atomic E-state index is 0.240. The van der Waals surface area contributed by atoms with Crippen molar-refractivity contribution in [2.75, 3.05) is 6.61 Å². The van der Waals surface area contributed by atoms with E-state index in [1.807, 2.05) is 31.2 Å². The van der Waals surface area contributed by atoms with E-state index >= 15 is 0 Å². The van der Waals surface area contributed by atoms with Gasteiger partial charge in [0, 0.05) is 10.9 Å². The quantitative estimate of drug-likeness (QED) is 0.734. The van der Waals surface area contributed by atoms with E-state index in [1.165, 1.54) is 0 Å². The van der Waals surface area contributed by atoms with Crippen LogP contribution in [-0.2, 0) is 4.84 Å². The Kier molecular flexibility index (Phi) is 3.53. The van der Waals surface area contributed by atoms with E-state index in [0.717, 1.165) is 10.6 Å². The molecule has 0 saturated carbocycles. The van der Waals surface area contributed by atoms with Gasteiger partial charge in [-0.2, -0.15) is 0 Å². The van der Waals surface area contributed by atoms with Crippen LogP contribution in [0.1, 0.15) is 18.4 Å². The summed E-state index contributed by atoms with van der Waals surface area (Å²) in [6.45, 7) is 2.51. The summed E-state index contributed by atoms with van der Waals surface area (Å²) in [5.74, 6) is 5.21. The number of hydrogen-bond donors (Lipinski definition) is 1. The van der Waals surface area contributed by atoms with Gasteiger partial charge in [-0.05, 0) is 11.6 Å². The third-order valence-electron chi connectivity index (χ3n) is 1.78. The van der Waals surface area contributed by atoms with Gasteiger partial charge in [0.2, 0.25) is 0 Å². The SMILES string of the molecule is CC(CON)c1ccccc1Cl. The summed E-state index contributed by atoms with van der Waals surface area (Å²) in [4.78, 5) is 4.55. The van der Waals surface area contributed by atoms with Crippen molar-refractivity contribution >= 4 is 11.6 Å². The van der Waals surface area contributed by atoms with Gasteiger partial charge >= 0.3 is 0 Å². The highest BCUT2D eigenvalue weighted by Gasteiger charge is 2.07. The average molecular weight is 186 g/mol. The zero-order valence-corrected chi connectivity index (χ0v) is 7.71. The lowest BCUT2D eigenvalue weighted by atomic mass is 10.0. The second kappa shape index (κ2) is 4.45. The van der Waals surface area contributed by atoms with Gasteiger partial charge in [0.15, 0.2) is 0 Å². The van der Waals surface area contributed by atoms with Crippen molar-refractivity contribution in [2.45, 2.75) is 12.8 Å². The van der Waals surface area contributed by atoms with E-state index in [2.05, 4.69) is 4.84 Å². The summed E-state index contributed by atoms with van der Waals surface area (Å²) in [6, 6.07) is 7.70. The Hall–Kier alpha value is -0.570. The van der Waals surface area contributed by atoms with Crippen LogP contribution in [0.5, 0.6) is 0 Å². The van der Waals surface area contributed by atoms with Crippen LogP contribution in [0.4, 0.5) is 0 Å². The first-order valence-corrected chi connectivity index (χ1v) is 4.19. The molecule has 0 radical (unpaired) electrons. The molecule has 1 aromatic carbocycles. The van der Waals surface area contributed by atoms with Crippen molar-refractivity contribution in [3.8, 4) is 0 Å². The molecule has 12 heavy (non-hydrogen) atoms. The van der Waals surface area contributed by atoms with E-state index in [4.69, 9.17) is 17.5 Å². The lowest BCUT2D eigenvalue weighted by Crippen LogP contribution is -2.08. The Labute approximate surface area is 77.2 Å². The van der Waals surface area contributed by atoms with Gasteiger partial charge in [-0.1, -0.05) is 36.7 Å². The molecule has 0 bridgehead atoms. The fourth-order valence-electron chi connectivity index (χ4n) is 1.11. The number of nitrogens with two attached hydrogens (primary N) is 1. The van der Waals surface area contributed by atoms with Crippen LogP contribution < -0.4 is 5.90 Å². The molecule has 0 heterocycles. The summed E-state index contributed by atoms with van der Waals surface area (Å²) in [6.07, 6.45) is 0. The first-order chi connectivity index (χ1) is 5.75. The number of benzene rings is 1. The number of rotatable bonds is 3. The minimum atomic E-state index is 0.240. The van der Waals surface area contributed by atoms with Crippen LogP contribution in [0.15, 0.2) is 24.3 Å². The van der Waals surface area contributed by atoms with Crippen molar-refractivity contribution in [3.63, 3.8) is 0 Å². The molecule has 3 heteroatoms. The van der Waals surface area contributed by atoms with Crippen molar-refractivity contribution in [1.29, 1.82) is 0 Å². The topological polar surface area (TPSA) is 35.2 Å². The summed E-state index contributed by atoms with van der Waals surface area (Å²) in [7, 11) is 0. The average Bonchev–Trinajstić information content (AvgIpc) is 2.05. The standard InChI is InChI=1S/C9H12ClNO/c1-7(6-12-11)8-4-2-3-5-9(8)10/h2-5,7H,6,11H2,1H3. The molecule has 66 valence electrons. The largest absolute Gasteiger partial charge is 0.304 e. The Morgan fingerprint density at radius 1 is 1.50 bits per heavy atom. The van der Waals surface area contributed by atoms with E-state index in [9.17, 15) is 0 Å². The predicted molar refractivity (Wildman–Crippen MR) is 50.0 cm³/mol. The van der Waals surface area contributed by atoms with Crippen LogP contribution in [0.25, 0.3) is 0 Å². The van der Waals surface area contributed by atoms with Crippen molar-refractivity contribution in [1.82, 2.24) is 0 Å². The Bertz CT molecular complexity index is 252. The lowest BCUT2D eigenvalue weighted by molar-refractivity contribution is 0.126. The Balaban J connectivity index is 2.79. The van der Waals surface area contributed by atoms with Gasteiger partial charge in [0.25, 0.3) is 0 Å². The van der Waals surface area contributed by atoms with Gasteiger partial charge in [0.05, 0.1) is 6.61 Å². The fourth-order valence-corrected chi connectivity index (χ4v) is 1.43. The third-order valence-corrected chi connectivity index (χ3v) is 2.13. The van der Waals surface area contributed by atoms with E-state index < -0.39 is 0 Å². The molecule has 0 aliphatic heterocycles. The van der Waals surface area contributed by atoms with Crippen LogP contribution in [0.2, 0.25) is 5.02 Å². The second-order valence-corrected chi connectivity index (χ2v) is 3.16. The minimum Gasteiger partial charge on any atom is -0.304 e. The Morgan fingerprint density at radius 2 is 2.17 bits per heavy atom. The van der Waals surface area contributed by atoms with Crippen molar-refractivity contribution < 1.29 is 4.84 Å². The van der Waals surface area contributed by atoms with E-state index in [1.54, 1.807) is 0 Å². The molecule has 1 aromatic rings. The summed E-state index contributed by atoms with van der Waals surface area (Å²) in [5, 5.41) is 0.766. The highest BCUT2D eigenvalue weighted by atomic mass is 35.5. The fraction of sp³-hybridized carbons (Fsp3) is 0.333. The van der Waals surface area contributed by atoms with Crippen LogP contribution in [-0.4, -0.2) is 6.61 Å². The van der Waals surface area contributed by atoms with E-state index in [0.29, 0.717) is 6.61 Å². The smallest absolute Gasteiger partial charge is 0.0745 e. The maximum absolute atomic E-state index is 5.96. The summed E-state index contributed by atoms with van der Waals surface area (Å²) < 4.78 is 0. The molecule has 2 N–H and O–H groups in total. The molecule has 0 fully saturated rings.